The maximum atomic E-state index is 15.0. The number of hydrogen-bond donors (Lipinski definition) is 2. The molecule has 47 heavy (non-hydrogen) atoms. The highest BCUT2D eigenvalue weighted by Gasteiger charge is 2.25. The van der Waals surface area contributed by atoms with Gasteiger partial charge in [-0.05, 0) is 56.5 Å². The first kappa shape index (κ1) is 33.5. The van der Waals surface area contributed by atoms with Crippen molar-refractivity contribution < 1.29 is 33.4 Å². The second-order valence-electron chi connectivity index (χ2n) is 11.2. The quantitative estimate of drug-likeness (QED) is 0.162. The van der Waals surface area contributed by atoms with Crippen LogP contribution in [0.2, 0.25) is 5.02 Å². The number of para-hydroxylation sites is 1. The van der Waals surface area contributed by atoms with E-state index in [0.717, 1.165) is 22.8 Å². The zero-order chi connectivity index (χ0) is 33.3. The van der Waals surface area contributed by atoms with E-state index >= 15 is 0 Å². The molecule has 0 spiro atoms. The maximum Gasteiger partial charge on any atom is 0.303 e. The summed E-state index contributed by atoms with van der Waals surface area (Å²) in [6.45, 7) is 3.57. The number of amides is 2. The average Bonchev–Trinajstić information content (AvgIpc) is 3.41. The topological polar surface area (TPSA) is 123 Å². The van der Waals surface area contributed by atoms with Gasteiger partial charge >= 0.3 is 5.97 Å². The van der Waals surface area contributed by atoms with Gasteiger partial charge in [0.25, 0.3) is 5.91 Å². The first-order valence-corrected chi connectivity index (χ1v) is 15.8. The molecule has 0 saturated carbocycles. The van der Waals surface area contributed by atoms with Gasteiger partial charge in [0.05, 0.1) is 31.6 Å². The Balaban J connectivity index is 1.23. The number of carboxylic acids is 1. The number of aliphatic carboxylic acids is 1. The van der Waals surface area contributed by atoms with E-state index in [4.69, 9.17) is 26.2 Å². The lowest BCUT2D eigenvalue weighted by Gasteiger charge is -2.23. The Morgan fingerprint density at radius 1 is 1.11 bits per heavy atom. The summed E-state index contributed by atoms with van der Waals surface area (Å²) >= 11 is 6.18. The van der Waals surface area contributed by atoms with Crippen LogP contribution in [-0.2, 0) is 16.1 Å². The monoisotopic (exact) mass is 662 g/mol. The van der Waals surface area contributed by atoms with Crippen molar-refractivity contribution >= 4 is 35.1 Å². The maximum absolute atomic E-state index is 15.0. The molecule has 0 fully saturated rings. The molecule has 0 unspecified atom stereocenters. The number of rotatable bonds is 13. The van der Waals surface area contributed by atoms with E-state index in [2.05, 4.69) is 10.4 Å². The van der Waals surface area contributed by atoms with Crippen molar-refractivity contribution in [1.82, 2.24) is 15.1 Å². The van der Waals surface area contributed by atoms with Gasteiger partial charge in [-0.1, -0.05) is 35.9 Å². The highest BCUT2D eigenvalue weighted by molar-refractivity contribution is 6.31. The van der Waals surface area contributed by atoms with Gasteiger partial charge in [-0.3, -0.25) is 19.1 Å². The third-order valence-corrected chi connectivity index (χ3v) is 8.22. The lowest BCUT2D eigenvalue weighted by Crippen LogP contribution is -2.31. The van der Waals surface area contributed by atoms with E-state index in [1.165, 1.54) is 12.1 Å². The lowest BCUT2D eigenvalue weighted by molar-refractivity contribution is -0.137. The molecule has 10 nitrogen and oxygen atoms in total. The number of carboxylic acid groups (broad SMARTS) is 1. The fourth-order valence-corrected chi connectivity index (χ4v) is 5.47. The molecule has 3 aromatic carbocycles. The van der Waals surface area contributed by atoms with E-state index in [1.807, 2.05) is 43.3 Å². The van der Waals surface area contributed by atoms with Gasteiger partial charge in [-0.15, -0.1) is 0 Å². The minimum absolute atomic E-state index is 0.0242. The number of halogens is 2. The molecule has 0 radical (unpaired) electrons. The number of nitrogens with one attached hydrogen (secondary N) is 1. The van der Waals surface area contributed by atoms with E-state index < -0.39 is 17.7 Å². The highest BCUT2D eigenvalue weighted by Crippen LogP contribution is 2.40. The number of fused-ring (bicyclic) bond motifs is 1. The SMILES string of the molecule is Cc1c(Cl)cccc1OCCCC(=O)N1CCCOc2c(-c3cnn(Cc4ccc(C(=O)NCCCC(=O)O)cc4F)c3)cccc21. The minimum atomic E-state index is -0.942. The molecule has 2 amide bonds. The van der Waals surface area contributed by atoms with Gasteiger partial charge in [0.15, 0.2) is 5.75 Å². The molecule has 246 valence electrons. The van der Waals surface area contributed by atoms with Gasteiger partial charge in [-0.25, -0.2) is 4.39 Å². The molecule has 4 aromatic rings. The molecular weight excluding hydrogens is 627 g/mol. The van der Waals surface area contributed by atoms with Crippen LogP contribution in [0.3, 0.4) is 0 Å². The summed E-state index contributed by atoms with van der Waals surface area (Å²) in [4.78, 5) is 38.1. The van der Waals surface area contributed by atoms with Crippen LogP contribution in [0.4, 0.5) is 10.1 Å². The van der Waals surface area contributed by atoms with E-state index in [-0.39, 0.29) is 37.4 Å². The van der Waals surface area contributed by atoms with Crippen molar-refractivity contribution in [3.63, 3.8) is 0 Å². The number of nitrogens with zero attached hydrogens (tertiary/aromatic N) is 3. The third kappa shape index (κ3) is 8.48. The smallest absolute Gasteiger partial charge is 0.303 e. The van der Waals surface area contributed by atoms with Crippen molar-refractivity contribution in [2.75, 3.05) is 31.2 Å². The van der Waals surface area contributed by atoms with Crippen molar-refractivity contribution in [2.45, 2.75) is 45.6 Å². The first-order valence-electron chi connectivity index (χ1n) is 15.5. The molecule has 2 heterocycles. The van der Waals surface area contributed by atoms with Crippen LogP contribution in [0.5, 0.6) is 11.5 Å². The van der Waals surface area contributed by atoms with Crippen molar-refractivity contribution in [3.05, 3.63) is 94.5 Å². The second kappa shape index (κ2) is 15.6. The molecule has 0 aliphatic carbocycles. The molecule has 1 aliphatic heterocycles. The Morgan fingerprint density at radius 2 is 1.94 bits per heavy atom. The van der Waals surface area contributed by atoms with E-state index in [1.54, 1.807) is 22.0 Å². The van der Waals surface area contributed by atoms with E-state index in [9.17, 15) is 18.8 Å². The highest BCUT2D eigenvalue weighted by atomic mass is 35.5. The number of carbonyl (C=O) groups excluding carboxylic acids is 2. The predicted molar refractivity (Wildman–Crippen MR) is 176 cm³/mol. The predicted octanol–water partition coefficient (Wildman–Crippen LogP) is 6.27. The Kier molecular flexibility index (Phi) is 11.1. The van der Waals surface area contributed by atoms with Crippen LogP contribution in [-0.4, -0.2) is 59.0 Å². The Bertz CT molecular complexity index is 1760. The first-order chi connectivity index (χ1) is 22.7. The Morgan fingerprint density at radius 3 is 2.74 bits per heavy atom. The van der Waals surface area contributed by atoms with E-state index in [0.29, 0.717) is 66.8 Å². The normalized spacial score (nSPS) is 12.5. The number of aromatic nitrogens is 2. The summed E-state index contributed by atoms with van der Waals surface area (Å²) < 4.78 is 28.6. The second-order valence-corrected chi connectivity index (χ2v) is 11.6. The van der Waals surface area contributed by atoms with Crippen molar-refractivity contribution in [1.29, 1.82) is 0 Å². The van der Waals surface area contributed by atoms with Crippen LogP contribution >= 0.6 is 11.6 Å². The summed E-state index contributed by atoms with van der Waals surface area (Å²) in [6, 6.07) is 15.4. The zero-order valence-electron chi connectivity index (χ0n) is 26.0. The number of anilines is 1. The summed E-state index contributed by atoms with van der Waals surface area (Å²) in [6.07, 6.45) is 5.20. The van der Waals surface area contributed by atoms with Crippen LogP contribution in [0.1, 0.15) is 53.6 Å². The van der Waals surface area contributed by atoms with Crippen molar-refractivity contribution in [2.24, 2.45) is 0 Å². The summed E-state index contributed by atoms with van der Waals surface area (Å²) in [5, 5.41) is 16.4. The Labute approximate surface area is 277 Å². The van der Waals surface area contributed by atoms with Gasteiger partial charge in [0.2, 0.25) is 5.91 Å². The van der Waals surface area contributed by atoms with Crippen LogP contribution in [0.25, 0.3) is 11.1 Å². The number of carbonyl (C=O) groups is 3. The molecule has 2 N–H and O–H groups in total. The minimum Gasteiger partial charge on any atom is -0.493 e. The fraction of sp³-hybridized carbons (Fsp3) is 0.314. The van der Waals surface area contributed by atoms with Crippen LogP contribution < -0.4 is 19.7 Å². The molecular formula is C35H36ClFN4O6. The van der Waals surface area contributed by atoms with Gasteiger partial charge in [0, 0.05) is 65.0 Å². The third-order valence-electron chi connectivity index (χ3n) is 7.81. The van der Waals surface area contributed by atoms with Gasteiger partial charge < -0.3 is 24.8 Å². The van der Waals surface area contributed by atoms with Gasteiger partial charge in [0.1, 0.15) is 11.6 Å². The number of ether oxygens (including phenoxy) is 2. The number of benzene rings is 3. The molecule has 12 heteroatoms. The number of hydrogen-bond acceptors (Lipinski definition) is 6. The lowest BCUT2D eigenvalue weighted by atomic mass is 10.1. The molecule has 5 rings (SSSR count). The fourth-order valence-electron chi connectivity index (χ4n) is 5.30. The van der Waals surface area contributed by atoms with Gasteiger partial charge in [-0.2, -0.15) is 5.10 Å². The summed E-state index contributed by atoms with van der Waals surface area (Å²) in [5.41, 5.74) is 3.56. The molecule has 1 aliphatic rings. The molecule has 0 bridgehead atoms. The summed E-state index contributed by atoms with van der Waals surface area (Å²) in [7, 11) is 0. The van der Waals surface area contributed by atoms with Crippen molar-refractivity contribution in [3.8, 4) is 22.6 Å². The molecule has 0 saturated heterocycles. The summed E-state index contributed by atoms with van der Waals surface area (Å²) in [5.74, 6) is -0.697. The standard InChI is InChI=1S/C35H36ClFN4O6/c1-23-28(36)8-3-10-31(23)46-17-5-11-32(42)41-16-6-18-47-34-27(7-2-9-30(34)41)26-20-39-40(22-26)21-25-14-13-24(19-29(25)37)35(45)38-15-4-12-33(43)44/h2-3,7-10,13-14,19-20,22H,4-6,11-12,15-18,21H2,1H3,(H,38,45)(H,43,44). The zero-order valence-corrected chi connectivity index (χ0v) is 26.8. The molecule has 1 aromatic heterocycles. The van der Waals surface area contributed by atoms with Crippen LogP contribution in [0, 0.1) is 12.7 Å². The largest absolute Gasteiger partial charge is 0.493 e. The average molecular weight is 663 g/mol. The Hall–Kier alpha value is -4.90. The van der Waals surface area contributed by atoms with Crippen LogP contribution in [0.15, 0.2) is 67.0 Å². The molecule has 0 atom stereocenters.